The number of fused-ring (bicyclic) bond motifs is 1. The molecule has 4 aromatic rings. The Labute approximate surface area is 200 Å². The molecular weight excluding hydrogens is 457 g/mol. The highest BCUT2D eigenvalue weighted by Gasteiger charge is 2.26. The minimum absolute atomic E-state index is 0.274. The number of nitrogens with one attached hydrogen (secondary N) is 1. The molecule has 7 nitrogen and oxygen atoms in total. The number of benzene rings is 2. The minimum atomic E-state index is -0.359. The fourth-order valence-electron chi connectivity index (χ4n) is 4.09. The van der Waals surface area contributed by atoms with Crippen LogP contribution in [-0.4, -0.2) is 44.2 Å². The number of amides is 1. The molecule has 1 atom stereocenters. The maximum atomic E-state index is 13.5. The summed E-state index contributed by atoms with van der Waals surface area (Å²) >= 11 is 1.53. The van der Waals surface area contributed by atoms with Crippen molar-refractivity contribution in [3.63, 3.8) is 0 Å². The van der Waals surface area contributed by atoms with Crippen molar-refractivity contribution in [1.82, 2.24) is 10.3 Å². The topological polar surface area (TPSA) is 76.8 Å². The Balaban J connectivity index is 1.68. The van der Waals surface area contributed by atoms with Crippen molar-refractivity contribution in [2.45, 2.75) is 13.0 Å². The zero-order valence-electron chi connectivity index (χ0n) is 18.8. The van der Waals surface area contributed by atoms with E-state index in [-0.39, 0.29) is 17.8 Å². The first-order chi connectivity index (χ1) is 16.5. The standard InChI is InChI=1S/C25H24FN3O4S/c1-15(25-28-7-12-34-25)32-21-13-18-20(14-19(21)29-8-10-31-11-9-29)33-23(22(18)24(30)27-2)16-3-5-17(26)6-4-16/h3-7,12-15H,8-11H2,1-2H3,(H,27,30). The number of morpholine rings is 1. The molecule has 1 saturated heterocycles. The van der Waals surface area contributed by atoms with Gasteiger partial charge in [0.25, 0.3) is 5.91 Å². The molecule has 5 rings (SSSR count). The second-order valence-electron chi connectivity index (χ2n) is 7.94. The third-order valence-corrected chi connectivity index (χ3v) is 6.72. The summed E-state index contributed by atoms with van der Waals surface area (Å²) in [5, 5.41) is 6.09. The van der Waals surface area contributed by atoms with Gasteiger partial charge in [-0.05, 0) is 37.3 Å². The lowest BCUT2D eigenvalue weighted by molar-refractivity contribution is 0.0964. The van der Waals surface area contributed by atoms with E-state index in [0.29, 0.717) is 59.9 Å². The molecule has 1 fully saturated rings. The molecule has 1 unspecified atom stereocenters. The highest BCUT2D eigenvalue weighted by molar-refractivity contribution is 7.09. The van der Waals surface area contributed by atoms with Crippen molar-refractivity contribution in [1.29, 1.82) is 0 Å². The van der Waals surface area contributed by atoms with Gasteiger partial charge in [0.15, 0.2) is 0 Å². The molecule has 9 heteroatoms. The highest BCUT2D eigenvalue weighted by atomic mass is 32.1. The van der Waals surface area contributed by atoms with Crippen LogP contribution < -0.4 is 15.0 Å². The van der Waals surface area contributed by atoms with Gasteiger partial charge in [-0.3, -0.25) is 4.79 Å². The summed E-state index contributed by atoms with van der Waals surface area (Å²) in [4.78, 5) is 19.5. The number of thiazole rings is 1. The molecule has 1 aliphatic rings. The first kappa shape index (κ1) is 22.4. The number of nitrogens with zero attached hydrogens (tertiary/aromatic N) is 2. The van der Waals surface area contributed by atoms with Gasteiger partial charge in [-0.25, -0.2) is 9.37 Å². The van der Waals surface area contributed by atoms with E-state index >= 15 is 0 Å². The van der Waals surface area contributed by atoms with E-state index in [1.54, 1.807) is 25.4 Å². The van der Waals surface area contributed by atoms with Crippen LogP contribution in [0.2, 0.25) is 0 Å². The van der Waals surface area contributed by atoms with Crippen LogP contribution in [0.4, 0.5) is 10.1 Å². The molecule has 3 heterocycles. The quantitative estimate of drug-likeness (QED) is 0.416. The maximum absolute atomic E-state index is 13.5. The summed E-state index contributed by atoms with van der Waals surface area (Å²) < 4.78 is 31.7. The second kappa shape index (κ2) is 9.44. The third kappa shape index (κ3) is 4.24. The van der Waals surface area contributed by atoms with Crippen molar-refractivity contribution in [2.24, 2.45) is 0 Å². The normalized spacial score (nSPS) is 14.9. The Morgan fingerprint density at radius 3 is 2.68 bits per heavy atom. The van der Waals surface area contributed by atoms with Gasteiger partial charge in [-0.2, -0.15) is 0 Å². The Bertz CT molecular complexity index is 1300. The van der Waals surface area contributed by atoms with Crippen LogP contribution in [-0.2, 0) is 4.74 Å². The number of aromatic nitrogens is 1. The van der Waals surface area contributed by atoms with Gasteiger partial charge in [0.1, 0.15) is 34.0 Å². The number of rotatable bonds is 6. The molecular formula is C25H24FN3O4S. The van der Waals surface area contributed by atoms with Crippen LogP contribution in [0.25, 0.3) is 22.3 Å². The Morgan fingerprint density at radius 2 is 2.00 bits per heavy atom. The SMILES string of the molecule is CNC(=O)c1c(-c2ccc(F)cc2)oc2cc(N3CCOCC3)c(OC(C)c3nccs3)cc12. The van der Waals surface area contributed by atoms with Crippen LogP contribution >= 0.6 is 11.3 Å². The summed E-state index contributed by atoms with van der Waals surface area (Å²) in [5.74, 6) is 0.361. The third-order valence-electron chi connectivity index (χ3n) is 5.78. The molecule has 2 aromatic carbocycles. The molecule has 2 aromatic heterocycles. The predicted octanol–water partition coefficient (Wildman–Crippen LogP) is 5.03. The van der Waals surface area contributed by atoms with E-state index in [9.17, 15) is 9.18 Å². The van der Waals surface area contributed by atoms with E-state index in [0.717, 1.165) is 10.7 Å². The van der Waals surface area contributed by atoms with Crippen molar-refractivity contribution < 1.29 is 23.1 Å². The zero-order chi connectivity index (χ0) is 23.7. The number of hydrogen-bond acceptors (Lipinski definition) is 7. The first-order valence-corrected chi connectivity index (χ1v) is 11.9. The average molecular weight is 482 g/mol. The minimum Gasteiger partial charge on any atom is -0.481 e. The highest BCUT2D eigenvalue weighted by Crippen LogP contribution is 2.42. The lowest BCUT2D eigenvalue weighted by Crippen LogP contribution is -2.36. The van der Waals surface area contributed by atoms with Crippen molar-refractivity contribution in [2.75, 3.05) is 38.3 Å². The largest absolute Gasteiger partial charge is 0.481 e. The lowest BCUT2D eigenvalue weighted by Gasteiger charge is -2.30. The van der Waals surface area contributed by atoms with E-state index in [2.05, 4.69) is 15.2 Å². The van der Waals surface area contributed by atoms with Gasteiger partial charge in [0.2, 0.25) is 0 Å². The number of carbonyl (C=O) groups is 1. The molecule has 176 valence electrons. The Hall–Kier alpha value is -3.43. The number of halogens is 1. The van der Waals surface area contributed by atoms with Gasteiger partial charge in [0, 0.05) is 48.7 Å². The van der Waals surface area contributed by atoms with Gasteiger partial charge in [-0.1, -0.05) is 0 Å². The summed E-state index contributed by atoms with van der Waals surface area (Å²) in [5.41, 5.74) is 2.41. The van der Waals surface area contributed by atoms with Crippen molar-refractivity contribution >= 4 is 33.9 Å². The van der Waals surface area contributed by atoms with E-state index < -0.39 is 0 Å². The number of ether oxygens (including phenoxy) is 2. The molecule has 0 saturated carbocycles. The first-order valence-electron chi connectivity index (χ1n) is 11.0. The maximum Gasteiger partial charge on any atom is 0.255 e. The predicted molar refractivity (Wildman–Crippen MR) is 129 cm³/mol. The summed E-state index contributed by atoms with van der Waals surface area (Å²) in [6.07, 6.45) is 1.48. The average Bonchev–Trinajstić information content (AvgIpc) is 3.52. The number of anilines is 1. The van der Waals surface area contributed by atoms with Crippen molar-refractivity contribution in [3.05, 3.63) is 64.4 Å². The van der Waals surface area contributed by atoms with Crippen LogP contribution in [0.15, 0.2) is 52.4 Å². The Kier molecular flexibility index (Phi) is 6.21. The fraction of sp³-hybridized carbons (Fsp3) is 0.280. The molecule has 1 aliphatic heterocycles. The molecule has 34 heavy (non-hydrogen) atoms. The van der Waals surface area contributed by atoms with Gasteiger partial charge in [0.05, 0.1) is 24.5 Å². The lowest BCUT2D eigenvalue weighted by atomic mass is 10.0. The smallest absolute Gasteiger partial charge is 0.255 e. The number of furan rings is 1. The van der Waals surface area contributed by atoms with Crippen LogP contribution in [0.3, 0.4) is 0 Å². The second-order valence-corrected chi connectivity index (χ2v) is 8.86. The molecule has 0 radical (unpaired) electrons. The Morgan fingerprint density at radius 1 is 1.24 bits per heavy atom. The molecule has 0 aliphatic carbocycles. The van der Waals surface area contributed by atoms with Crippen LogP contribution in [0, 0.1) is 5.82 Å². The van der Waals surface area contributed by atoms with Crippen LogP contribution in [0.5, 0.6) is 5.75 Å². The monoisotopic (exact) mass is 481 g/mol. The number of hydrogen-bond donors (Lipinski definition) is 1. The van der Waals surface area contributed by atoms with E-state index in [4.69, 9.17) is 13.9 Å². The summed E-state index contributed by atoms with van der Waals surface area (Å²) in [6, 6.07) is 9.66. The van der Waals surface area contributed by atoms with Gasteiger partial charge >= 0.3 is 0 Å². The van der Waals surface area contributed by atoms with E-state index in [1.807, 2.05) is 24.4 Å². The van der Waals surface area contributed by atoms with Gasteiger partial charge in [-0.15, -0.1) is 11.3 Å². The molecule has 0 bridgehead atoms. The molecule has 1 amide bonds. The summed E-state index contributed by atoms with van der Waals surface area (Å²) in [6.45, 7) is 4.59. The fourth-order valence-corrected chi connectivity index (χ4v) is 4.71. The van der Waals surface area contributed by atoms with E-state index in [1.165, 1.54) is 23.5 Å². The molecule has 0 spiro atoms. The number of carbonyl (C=O) groups excluding carboxylic acids is 1. The van der Waals surface area contributed by atoms with Gasteiger partial charge < -0.3 is 24.1 Å². The van der Waals surface area contributed by atoms with Crippen molar-refractivity contribution in [3.8, 4) is 17.1 Å². The van der Waals surface area contributed by atoms with Crippen LogP contribution in [0.1, 0.15) is 28.4 Å². The molecule has 1 N–H and O–H groups in total. The summed E-state index contributed by atoms with van der Waals surface area (Å²) in [7, 11) is 1.57. The zero-order valence-corrected chi connectivity index (χ0v) is 19.7.